The van der Waals surface area contributed by atoms with Gasteiger partial charge in [0.05, 0.1) is 17.9 Å². The fraction of sp³-hybridized carbons (Fsp3) is 0.723. The Hall–Kier alpha value is -3.89. The number of hydrogen-bond acceptors (Lipinski definition) is 6. The molecule has 0 saturated heterocycles. The molecule has 11 heteroatoms. The quantitative estimate of drug-likeness (QED) is 0.0362. The van der Waals surface area contributed by atoms with Crippen molar-refractivity contribution in [1.82, 2.24) is 10.2 Å². The number of guanidine groups is 1. The van der Waals surface area contributed by atoms with Crippen molar-refractivity contribution >= 4 is 30.0 Å². The first-order valence-corrected chi connectivity index (χ1v) is 22.6. The third-order valence-corrected chi connectivity index (χ3v) is 14.6. The normalized spacial score (nSPS) is 28.6. The van der Waals surface area contributed by atoms with Crippen molar-refractivity contribution in [3.63, 3.8) is 0 Å². The first-order chi connectivity index (χ1) is 27.7. The van der Waals surface area contributed by atoms with Gasteiger partial charge in [-0.05, 0) is 129 Å². The Morgan fingerprint density at radius 1 is 0.914 bits per heavy atom. The largest absolute Gasteiger partial charge is 0.458 e. The molecule has 0 radical (unpaired) electrons. The van der Waals surface area contributed by atoms with Gasteiger partial charge in [0.1, 0.15) is 6.10 Å². The number of allylic oxidation sites excluding steroid dienone is 1. The van der Waals surface area contributed by atoms with Crippen LogP contribution in [0.15, 0.2) is 50.9 Å². The summed E-state index contributed by atoms with van der Waals surface area (Å²) in [6, 6.07) is 7.25. The van der Waals surface area contributed by atoms with Gasteiger partial charge in [-0.25, -0.2) is 9.59 Å². The van der Waals surface area contributed by atoms with E-state index in [0.717, 1.165) is 60.3 Å². The molecule has 0 spiro atoms. The van der Waals surface area contributed by atoms with Gasteiger partial charge >= 0.3 is 12.0 Å². The van der Waals surface area contributed by atoms with Gasteiger partial charge in [-0.3, -0.25) is 15.0 Å². The lowest BCUT2D eigenvalue weighted by Gasteiger charge is -2.58. The number of urea groups is 1. The van der Waals surface area contributed by atoms with Gasteiger partial charge in [-0.15, -0.1) is 0 Å². The Morgan fingerprint density at radius 2 is 1.64 bits per heavy atom. The van der Waals surface area contributed by atoms with Crippen LogP contribution in [0, 0.1) is 46.3 Å². The summed E-state index contributed by atoms with van der Waals surface area (Å²) in [6.07, 6.45) is 19.4. The zero-order valence-corrected chi connectivity index (χ0v) is 36.7. The maximum absolute atomic E-state index is 13.3. The van der Waals surface area contributed by atoms with Crippen LogP contribution in [0.4, 0.5) is 4.79 Å². The first-order valence-electron chi connectivity index (χ1n) is 22.6. The Kier molecular flexibility index (Phi) is 16.3. The van der Waals surface area contributed by atoms with E-state index in [1.54, 1.807) is 23.6 Å². The number of esters is 1. The maximum atomic E-state index is 13.3. The summed E-state index contributed by atoms with van der Waals surface area (Å²) in [5.74, 6) is 5.22. The minimum atomic E-state index is -0.255. The number of ether oxygens (including phenoxy) is 1. The van der Waals surface area contributed by atoms with E-state index in [9.17, 15) is 9.59 Å². The minimum absolute atomic E-state index is 0.0405. The van der Waals surface area contributed by atoms with Crippen molar-refractivity contribution in [1.29, 1.82) is 0 Å². The van der Waals surface area contributed by atoms with Crippen molar-refractivity contribution in [2.45, 2.75) is 131 Å². The second kappa shape index (κ2) is 20.9. The van der Waals surface area contributed by atoms with Crippen LogP contribution >= 0.6 is 0 Å². The highest BCUT2D eigenvalue weighted by Crippen LogP contribution is 2.67. The molecule has 8 unspecified atom stereocenters. The average Bonchev–Trinajstić information content (AvgIpc) is 3.54. The number of nitrogens with two attached hydrogens (primary N) is 3. The molecule has 1 aromatic carbocycles. The molecule has 5 rings (SSSR count). The van der Waals surface area contributed by atoms with E-state index >= 15 is 0 Å². The van der Waals surface area contributed by atoms with E-state index in [1.165, 1.54) is 51.4 Å². The number of amidine groups is 1. The van der Waals surface area contributed by atoms with Gasteiger partial charge < -0.3 is 32.2 Å². The second-order valence-electron chi connectivity index (χ2n) is 19.0. The lowest BCUT2D eigenvalue weighted by molar-refractivity contribution is -0.0594. The lowest BCUT2D eigenvalue weighted by atomic mass is 9.47. The maximum Gasteiger partial charge on any atom is 0.338 e. The van der Waals surface area contributed by atoms with E-state index in [4.69, 9.17) is 21.9 Å². The van der Waals surface area contributed by atoms with Crippen molar-refractivity contribution in [2.75, 3.05) is 39.3 Å². The molecular weight excluding hydrogens is 725 g/mol. The standard InChI is InChI=1S/C47H76N8O3/c1-32(2)10-7-11-33(3)40-18-19-41-39-17-16-37-30-38(20-22-46(37,5)42(39)21-23-47(40,41)6)58-43(56)36-14-12-35(13-15-36)31-51-26-27-54-45(57)55(28-8-24-52-34(4)48)29-9-25-53-44(49)50/h12-16,31-33,38-42H,7-11,17-30H2,1-6H3,(H2,48,52)(H,54,57)(H4,49,50,53). The van der Waals surface area contributed by atoms with Crippen LogP contribution in [0.25, 0.3) is 0 Å². The number of amides is 2. The summed E-state index contributed by atoms with van der Waals surface area (Å²) in [5, 5.41) is 2.95. The summed E-state index contributed by atoms with van der Waals surface area (Å²) in [7, 11) is 0. The number of nitrogens with zero attached hydrogens (tertiary/aromatic N) is 4. The predicted octanol–water partition coefficient (Wildman–Crippen LogP) is 8.11. The fourth-order valence-corrected chi connectivity index (χ4v) is 11.5. The Balaban J connectivity index is 1.07. The van der Waals surface area contributed by atoms with Gasteiger partial charge in [0.2, 0.25) is 0 Å². The molecule has 1 aromatic rings. The summed E-state index contributed by atoms with van der Waals surface area (Å²) in [6.45, 7) is 17.1. The topological polar surface area (TPSA) is 174 Å². The fourth-order valence-electron chi connectivity index (χ4n) is 11.5. The molecule has 2 amide bonds. The van der Waals surface area contributed by atoms with Gasteiger partial charge in [0, 0.05) is 45.4 Å². The molecule has 0 aromatic heterocycles. The summed E-state index contributed by atoms with van der Waals surface area (Å²) in [5.41, 5.74) is 20.2. The van der Waals surface area contributed by atoms with Gasteiger partial charge in [0.15, 0.2) is 5.96 Å². The van der Waals surface area contributed by atoms with Gasteiger partial charge in [-0.2, -0.15) is 0 Å². The predicted molar refractivity (Wildman–Crippen MR) is 238 cm³/mol. The smallest absolute Gasteiger partial charge is 0.338 e. The highest BCUT2D eigenvalue weighted by Gasteiger charge is 2.59. The number of carbonyl (C=O) groups is 2. The lowest BCUT2D eigenvalue weighted by Crippen LogP contribution is -2.51. The monoisotopic (exact) mass is 801 g/mol. The second-order valence-corrected chi connectivity index (χ2v) is 19.0. The number of nitrogens with one attached hydrogen (secondary N) is 1. The van der Waals surface area contributed by atoms with E-state index in [2.05, 4.69) is 61.0 Å². The molecular formula is C47H76N8O3. The minimum Gasteiger partial charge on any atom is -0.458 e. The van der Waals surface area contributed by atoms with E-state index < -0.39 is 0 Å². The Morgan fingerprint density at radius 3 is 2.33 bits per heavy atom. The van der Waals surface area contributed by atoms with Crippen molar-refractivity contribution in [3.8, 4) is 0 Å². The van der Waals surface area contributed by atoms with Gasteiger partial charge in [-0.1, -0.05) is 77.7 Å². The van der Waals surface area contributed by atoms with Crippen LogP contribution in [0.1, 0.15) is 141 Å². The molecule has 4 aliphatic carbocycles. The van der Waals surface area contributed by atoms with E-state index in [-0.39, 0.29) is 29.5 Å². The van der Waals surface area contributed by atoms with Crippen LogP contribution in [0.5, 0.6) is 0 Å². The van der Waals surface area contributed by atoms with Crippen molar-refractivity contribution in [3.05, 3.63) is 47.0 Å². The summed E-state index contributed by atoms with van der Waals surface area (Å²) in [4.78, 5) is 40.7. The van der Waals surface area contributed by atoms with Crippen molar-refractivity contribution in [2.24, 2.45) is 78.5 Å². The summed E-state index contributed by atoms with van der Waals surface area (Å²) >= 11 is 0. The Labute approximate surface area is 349 Å². The van der Waals surface area contributed by atoms with Crippen molar-refractivity contribution < 1.29 is 14.3 Å². The third kappa shape index (κ3) is 11.6. The molecule has 7 N–H and O–H groups in total. The molecule has 322 valence electrons. The van der Waals surface area contributed by atoms with E-state index in [0.29, 0.717) is 68.9 Å². The highest BCUT2D eigenvalue weighted by atomic mass is 16.5. The van der Waals surface area contributed by atoms with Crippen LogP contribution in [-0.4, -0.2) is 80.3 Å². The molecule has 11 nitrogen and oxygen atoms in total. The molecule has 3 fully saturated rings. The number of carbonyl (C=O) groups excluding carboxylic acids is 2. The van der Waals surface area contributed by atoms with Crippen LogP contribution in [-0.2, 0) is 4.74 Å². The molecule has 0 bridgehead atoms. The molecule has 0 aliphatic heterocycles. The zero-order chi connectivity index (χ0) is 41.9. The van der Waals surface area contributed by atoms with Gasteiger partial charge in [0.25, 0.3) is 0 Å². The molecule has 3 saturated carbocycles. The molecule has 58 heavy (non-hydrogen) atoms. The number of aliphatic imine (C=N–C) groups is 3. The first kappa shape index (κ1) is 45.2. The van der Waals surface area contributed by atoms with E-state index in [1.807, 2.05) is 24.3 Å². The number of rotatable bonds is 19. The third-order valence-electron chi connectivity index (χ3n) is 14.6. The van der Waals surface area contributed by atoms with Crippen LogP contribution < -0.4 is 22.5 Å². The Bertz CT molecular complexity index is 1610. The van der Waals surface area contributed by atoms with Crippen LogP contribution in [0.2, 0.25) is 0 Å². The molecule has 0 heterocycles. The molecule has 8 atom stereocenters. The zero-order valence-electron chi connectivity index (χ0n) is 36.7. The number of hydrogen-bond donors (Lipinski definition) is 4. The highest BCUT2D eigenvalue weighted by molar-refractivity contribution is 5.91. The average molecular weight is 801 g/mol. The SMILES string of the molecule is CC(N)=NCCCN(CCCN=C(N)N)C(=O)NCCN=Cc1ccc(C(=O)OC2CCC3(C)C(=CCC4C3CCC3(C)C(C(C)CCCC(C)C)CCC43)C2)cc1. The van der Waals surface area contributed by atoms with Crippen LogP contribution in [0.3, 0.4) is 0 Å². The number of benzene rings is 1. The molecule has 4 aliphatic rings. The number of fused-ring (bicyclic) bond motifs is 5. The summed E-state index contributed by atoms with van der Waals surface area (Å²) < 4.78 is 6.17.